The van der Waals surface area contributed by atoms with Crippen molar-refractivity contribution in [2.45, 2.75) is 9.04 Å². The first-order chi connectivity index (χ1) is 5.61. The van der Waals surface area contributed by atoms with Crippen molar-refractivity contribution in [2.75, 3.05) is 0 Å². The largest absolute Gasteiger partial charge is 0.469 e. The van der Waals surface area contributed by atoms with Crippen LogP contribution in [0.25, 0.3) is 0 Å². The molecule has 1 aromatic rings. The van der Waals surface area contributed by atoms with E-state index in [4.69, 9.17) is 4.74 Å². The van der Waals surface area contributed by atoms with Gasteiger partial charge in [0.2, 0.25) is 0 Å². The van der Waals surface area contributed by atoms with Gasteiger partial charge in [0, 0.05) is 0 Å². The van der Waals surface area contributed by atoms with Crippen LogP contribution in [-0.4, -0.2) is 2.12 Å². The van der Waals surface area contributed by atoms with Gasteiger partial charge in [-0.25, -0.2) is 0 Å². The van der Waals surface area contributed by atoms with Gasteiger partial charge in [0.15, 0.2) is 2.12 Å². The SMILES string of the molecule is Cc1cccc(OC(I)I)c1I. The summed E-state index contributed by atoms with van der Waals surface area (Å²) in [6.07, 6.45) is 0. The van der Waals surface area contributed by atoms with E-state index in [0.29, 0.717) is 0 Å². The quantitative estimate of drug-likeness (QED) is 0.439. The first kappa shape index (κ1) is 11.3. The maximum Gasteiger partial charge on any atom is 0.199 e. The number of halogens is 3. The molecule has 1 aromatic carbocycles. The van der Waals surface area contributed by atoms with Crippen molar-refractivity contribution in [3.63, 3.8) is 0 Å². The molecule has 0 saturated heterocycles. The van der Waals surface area contributed by atoms with E-state index in [-0.39, 0.29) is 2.12 Å². The zero-order valence-electron chi connectivity index (χ0n) is 6.35. The molecule has 0 aliphatic rings. The third kappa shape index (κ3) is 3.17. The van der Waals surface area contributed by atoms with Gasteiger partial charge in [0.1, 0.15) is 5.75 Å². The van der Waals surface area contributed by atoms with Gasteiger partial charge in [0.25, 0.3) is 0 Å². The lowest BCUT2D eigenvalue weighted by atomic mass is 10.2. The van der Waals surface area contributed by atoms with E-state index in [9.17, 15) is 0 Å². The van der Waals surface area contributed by atoms with Crippen molar-refractivity contribution in [1.82, 2.24) is 0 Å². The van der Waals surface area contributed by atoms with Crippen molar-refractivity contribution in [3.8, 4) is 5.75 Å². The second-order valence-corrected chi connectivity index (χ2v) is 7.99. The Bertz CT molecular complexity index is 273. The standard InChI is InChI=1S/C8H7I3O/c1-5-3-2-4-6(7(5)9)12-8(10)11/h2-4,8H,1H3. The van der Waals surface area contributed by atoms with Crippen LogP contribution in [0.1, 0.15) is 5.56 Å². The molecule has 12 heavy (non-hydrogen) atoms. The lowest BCUT2D eigenvalue weighted by Crippen LogP contribution is -1.99. The van der Waals surface area contributed by atoms with Crippen LogP contribution in [0.5, 0.6) is 5.75 Å². The van der Waals surface area contributed by atoms with Gasteiger partial charge in [-0.05, 0) is 86.3 Å². The summed E-state index contributed by atoms with van der Waals surface area (Å²) in [5, 5.41) is 0. The summed E-state index contributed by atoms with van der Waals surface area (Å²) >= 11 is 6.78. The van der Waals surface area contributed by atoms with Gasteiger partial charge in [-0.15, -0.1) is 0 Å². The fourth-order valence-corrected chi connectivity index (χ4v) is 1.84. The molecule has 0 heterocycles. The average molecular weight is 500 g/mol. The molecule has 0 aliphatic carbocycles. The molecule has 0 N–H and O–H groups in total. The lowest BCUT2D eigenvalue weighted by Gasteiger charge is -2.09. The summed E-state index contributed by atoms with van der Waals surface area (Å²) in [4.78, 5) is 0. The molecule has 0 fully saturated rings. The Balaban J connectivity index is 2.92. The van der Waals surface area contributed by atoms with Crippen LogP contribution >= 0.6 is 67.8 Å². The third-order valence-electron chi connectivity index (χ3n) is 1.37. The number of benzene rings is 1. The normalized spacial score (nSPS) is 10.4. The molecule has 66 valence electrons. The summed E-state index contributed by atoms with van der Waals surface area (Å²) in [7, 11) is 0. The van der Waals surface area contributed by atoms with Crippen LogP contribution in [0.3, 0.4) is 0 Å². The zero-order chi connectivity index (χ0) is 9.14. The Hall–Kier alpha value is 1.21. The van der Waals surface area contributed by atoms with Crippen LogP contribution in [-0.2, 0) is 0 Å². The van der Waals surface area contributed by atoms with Crippen molar-refractivity contribution in [3.05, 3.63) is 27.3 Å². The highest BCUT2D eigenvalue weighted by Crippen LogP contribution is 2.27. The highest BCUT2D eigenvalue weighted by atomic mass is 127. The lowest BCUT2D eigenvalue weighted by molar-refractivity contribution is 0.387. The summed E-state index contributed by atoms with van der Waals surface area (Å²) < 4.78 is 6.98. The van der Waals surface area contributed by atoms with E-state index in [2.05, 4.69) is 80.8 Å². The molecule has 0 spiro atoms. The van der Waals surface area contributed by atoms with Gasteiger partial charge in [0.05, 0.1) is 3.57 Å². The Labute approximate surface area is 113 Å². The molecule has 0 aliphatic heterocycles. The topological polar surface area (TPSA) is 9.23 Å². The van der Waals surface area contributed by atoms with E-state index in [1.807, 2.05) is 12.1 Å². The van der Waals surface area contributed by atoms with Gasteiger partial charge < -0.3 is 4.74 Å². The highest BCUT2D eigenvalue weighted by Gasteiger charge is 2.05. The predicted molar refractivity (Wildman–Crippen MR) is 76.4 cm³/mol. The molecule has 0 radical (unpaired) electrons. The molecular weight excluding hydrogens is 493 g/mol. The number of alkyl halides is 2. The summed E-state index contributed by atoms with van der Waals surface area (Å²) in [5.74, 6) is 0.976. The number of hydrogen-bond acceptors (Lipinski definition) is 1. The minimum atomic E-state index is 0.190. The van der Waals surface area contributed by atoms with E-state index in [1.165, 1.54) is 9.13 Å². The molecule has 0 atom stereocenters. The van der Waals surface area contributed by atoms with E-state index < -0.39 is 0 Å². The van der Waals surface area contributed by atoms with E-state index in [0.717, 1.165) is 5.75 Å². The van der Waals surface area contributed by atoms with Crippen molar-refractivity contribution in [1.29, 1.82) is 0 Å². The van der Waals surface area contributed by atoms with Crippen LogP contribution in [0.2, 0.25) is 0 Å². The van der Waals surface area contributed by atoms with Crippen molar-refractivity contribution >= 4 is 67.8 Å². The highest BCUT2D eigenvalue weighted by molar-refractivity contribution is 14.2. The fraction of sp³-hybridized carbons (Fsp3) is 0.250. The zero-order valence-corrected chi connectivity index (χ0v) is 12.8. The number of ether oxygens (including phenoxy) is 1. The molecule has 0 amide bonds. The smallest absolute Gasteiger partial charge is 0.199 e. The van der Waals surface area contributed by atoms with E-state index >= 15 is 0 Å². The van der Waals surface area contributed by atoms with Crippen LogP contribution < -0.4 is 4.74 Å². The maximum atomic E-state index is 5.59. The molecule has 0 unspecified atom stereocenters. The summed E-state index contributed by atoms with van der Waals surface area (Å²) in [6, 6.07) is 6.10. The number of hydrogen-bond donors (Lipinski definition) is 0. The first-order valence-electron chi connectivity index (χ1n) is 3.31. The van der Waals surface area contributed by atoms with Crippen molar-refractivity contribution in [2.24, 2.45) is 0 Å². The Morgan fingerprint density at radius 1 is 1.33 bits per heavy atom. The Kier molecular flexibility index (Phi) is 4.87. The molecule has 0 aromatic heterocycles. The molecule has 1 rings (SSSR count). The van der Waals surface area contributed by atoms with Gasteiger partial charge in [-0.1, -0.05) is 12.1 Å². The number of aryl methyl sites for hydroxylation is 1. The Morgan fingerprint density at radius 3 is 2.58 bits per heavy atom. The predicted octanol–water partition coefficient (Wildman–Crippen LogP) is 4.13. The third-order valence-corrected chi connectivity index (χ3v) is 3.26. The van der Waals surface area contributed by atoms with Gasteiger partial charge in [-0.3, -0.25) is 0 Å². The fourth-order valence-electron chi connectivity index (χ4n) is 0.807. The second-order valence-electron chi connectivity index (χ2n) is 2.27. The number of rotatable bonds is 2. The maximum absolute atomic E-state index is 5.59. The minimum Gasteiger partial charge on any atom is -0.469 e. The van der Waals surface area contributed by atoms with Crippen LogP contribution in [0.4, 0.5) is 0 Å². The van der Waals surface area contributed by atoms with Crippen LogP contribution in [0, 0.1) is 10.5 Å². The molecule has 0 saturated carbocycles. The molecule has 1 nitrogen and oxygen atoms in total. The first-order valence-corrected chi connectivity index (χ1v) is 6.88. The minimum absolute atomic E-state index is 0.190. The molecular formula is C8H7I3O. The average Bonchev–Trinajstić information content (AvgIpc) is 1.98. The second kappa shape index (κ2) is 5.18. The monoisotopic (exact) mass is 500 g/mol. The Morgan fingerprint density at radius 2 is 2.00 bits per heavy atom. The van der Waals surface area contributed by atoms with Gasteiger partial charge in [-0.2, -0.15) is 0 Å². The molecule has 4 heteroatoms. The summed E-state index contributed by atoms with van der Waals surface area (Å²) in [6.45, 7) is 2.09. The van der Waals surface area contributed by atoms with E-state index in [1.54, 1.807) is 0 Å². The molecule has 0 bridgehead atoms. The summed E-state index contributed by atoms with van der Waals surface area (Å²) in [5.41, 5.74) is 1.27. The van der Waals surface area contributed by atoms with Gasteiger partial charge >= 0.3 is 0 Å². The van der Waals surface area contributed by atoms with Crippen molar-refractivity contribution < 1.29 is 4.74 Å². The van der Waals surface area contributed by atoms with Crippen LogP contribution in [0.15, 0.2) is 18.2 Å².